The number of halogens is 2. The Labute approximate surface area is 150 Å². The molecule has 1 spiro atoms. The molecule has 1 fully saturated rings. The van der Waals surface area contributed by atoms with Gasteiger partial charge in [-0.05, 0) is 43.5 Å². The summed E-state index contributed by atoms with van der Waals surface area (Å²) < 4.78 is 33.7. The summed E-state index contributed by atoms with van der Waals surface area (Å²) >= 11 is 0. The Kier molecular flexibility index (Phi) is 3.18. The van der Waals surface area contributed by atoms with Gasteiger partial charge in [0.2, 0.25) is 0 Å². The molecule has 2 aromatic carbocycles. The Morgan fingerprint density at radius 1 is 0.808 bits per heavy atom. The third-order valence-electron chi connectivity index (χ3n) is 6.05. The van der Waals surface area contributed by atoms with E-state index in [9.17, 15) is 13.6 Å². The minimum atomic E-state index is -0.890. The fourth-order valence-corrected chi connectivity index (χ4v) is 4.84. The standard InChI is InChI=1S/C22H18F2O2/c23-16-8-4-14(5-9-16)22(15-6-10-17(24)11-7-15)21(12-13-21)20-18(25)2-1-3-19(20)26-22/h4-11H,1-3,12-13H2. The molecule has 0 N–H and O–H groups in total. The van der Waals surface area contributed by atoms with E-state index in [0.29, 0.717) is 6.42 Å². The lowest BCUT2D eigenvalue weighted by Crippen LogP contribution is -2.38. The average molecular weight is 352 g/mol. The SMILES string of the molecule is O=C1CCCC2=C1C1(CC1)C(c1ccc(F)cc1)(c1ccc(F)cc1)O2. The zero-order valence-corrected chi connectivity index (χ0v) is 14.2. The van der Waals surface area contributed by atoms with Gasteiger partial charge >= 0.3 is 0 Å². The Hall–Kier alpha value is -2.49. The van der Waals surface area contributed by atoms with E-state index in [0.717, 1.165) is 48.1 Å². The van der Waals surface area contributed by atoms with Gasteiger partial charge in [0.1, 0.15) is 17.4 Å². The van der Waals surface area contributed by atoms with Gasteiger partial charge in [0.25, 0.3) is 0 Å². The van der Waals surface area contributed by atoms with Gasteiger partial charge in [-0.2, -0.15) is 0 Å². The van der Waals surface area contributed by atoms with Gasteiger partial charge in [0.15, 0.2) is 11.4 Å². The third kappa shape index (κ3) is 1.93. The minimum Gasteiger partial charge on any atom is -0.481 e. The van der Waals surface area contributed by atoms with E-state index in [1.165, 1.54) is 24.3 Å². The van der Waals surface area contributed by atoms with E-state index >= 15 is 0 Å². The zero-order valence-electron chi connectivity index (χ0n) is 14.2. The van der Waals surface area contributed by atoms with Crippen molar-refractivity contribution >= 4 is 5.78 Å². The summed E-state index contributed by atoms with van der Waals surface area (Å²) in [7, 11) is 0. The lowest BCUT2D eigenvalue weighted by atomic mass is 9.69. The molecule has 0 saturated heterocycles. The Balaban J connectivity index is 1.76. The second-order valence-corrected chi connectivity index (χ2v) is 7.45. The summed E-state index contributed by atoms with van der Waals surface area (Å²) in [6.45, 7) is 0. The van der Waals surface area contributed by atoms with Crippen LogP contribution >= 0.6 is 0 Å². The molecule has 3 aliphatic rings. The number of ether oxygens (including phenoxy) is 1. The van der Waals surface area contributed by atoms with Crippen LogP contribution in [-0.2, 0) is 15.1 Å². The third-order valence-corrected chi connectivity index (χ3v) is 6.05. The molecule has 1 saturated carbocycles. The number of ketones is 1. The van der Waals surface area contributed by atoms with Crippen molar-refractivity contribution in [2.24, 2.45) is 5.41 Å². The van der Waals surface area contributed by atoms with Crippen LogP contribution in [-0.4, -0.2) is 5.78 Å². The minimum absolute atomic E-state index is 0.162. The molecule has 5 rings (SSSR count). The fourth-order valence-electron chi connectivity index (χ4n) is 4.84. The van der Waals surface area contributed by atoms with Crippen molar-refractivity contribution in [2.75, 3.05) is 0 Å². The Bertz CT molecular complexity index is 876. The Morgan fingerprint density at radius 3 is 1.85 bits per heavy atom. The predicted octanol–water partition coefficient (Wildman–Crippen LogP) is 5.03. The largest absolute Gasteiger partial charge is 0.481 e. The van der Waals surface area contributed by atoms with Crippen LogP contribution in [0.2, 0.25) is 0 Å². The maximum atomic E-state index is 13.6. The van der Waals surface area contributed by atoms with Crippen molar-refractivity contribution in [2.45, 2.75) is 37.7 Å². The van der Waals surface area contributed by atoms with Crippen LogP contribution in [0.1, 0.15) is 43.2 Å². The summed E-state index contributed by atoms with van der Waals surface area (Å²) in [6, 6.07) is 12.6. The van der Waals surface area contributed by atoms with Crippen molar-refractivity contribution in [1.82, 2.24) is 0 Å². The molecule has 1 aliphatic heterocycles. The molecule has 0 radical (unpaired) electrons. The van der Waals surface area contributed by atoms with E-state index in [1.807, 2.05) is 0 Å². The lowest BCUT2D eigenvalue weighted by molar-refractivity contribution is -0.116. The quantitative estimate of drug-likeness (QED) is 0.758. The summed E-state index contributed by atoms with van der Waals surface area (Å²) in [5.41, 5.74) is 1.13. The van der Waals surface area contributed by atoms with Gasteiger partial charge in [0.05, 0.1) is 5.41 Å². The van der Waals surface area contributed by atoms with E-state index in [-0.39, 0.29) is 17.4 Å². The second kappa shape index (κ2) is 5.26. The molecule has 132 valence electrons. The van der Waals surface area contributed by atoms with Crippen LogP contribution in [0.4, 0.5) is 8.78 Å². The Morgan fingerprint density at radius 2 is 1.35 bits per heavy atom. The molecule has 0 bridgehead atoms. The van der Waals surface area contributed by atoms with Gasteiger partial charge in [-0.25, -0.2) is 8.78 Å². The predicted molar refractivity (Wildman–Crippen MR) is 92.2 cm³/mol. The van der Waals surface area contributed by atoms with Crippen LogP contribution in [0, 0.1) is 17.0 Å². The average Bonchev–Trinajstić information content (AvgIpc) is 3.36. The first-order valence-electron chi connectivity index (χ1n) is 9.05. The van der Waals surface area contributed by atoms with Gasteiger partial charge in [-0.15, -0.1) is 0 Å². The zero-order chi connectivity index (χ0) is 17.9. The first-order chi connectivity index (χ1) is 12.6. The maximum absolute atomic E-state index is 13.6. The van der Waals surface area contributed by atoms with Crippen molar-refractivity contribution in [3.8, 4) is 0 Å². The van der Waals surface area contributed by atoms with E-state index < -0.39 is 11.0 Å². The molecule has 0 aromatic heterocycles. The highest BCUT2D eigenvalue weighted by Crippen LogP contribution is 2.72. The summed E-state index contributed by atoms with van der Waals surface area (Å²) in [5.74, 6) is 0.293. The number of benzene rings is 2. The molecular weight excluding hydrogens is 334 g/mol. The van der Waals surface area contributed by atoms with E-state index in [1.54, 1.807) is 24.3 Å². The van der Waals surface area contributed by atoms with Gasteiger partial charge in [-0.3, -0.25) is 4.79 Å². The number of carbonyl (C=O) groups is 1. The smallest absolute Gasteiger partial charge is 0.168 e. The molecule has 0 unspecified atom stereocenters. The van der Waals surface area contributed by atoms with E-state index in [4.69, 9.17) is 4.74 Å². The number of hydrogen-bond acceptors (Lipinski definition) is 2. The molecule has 2 aromatic rings. The molecule has 0 atom stereocenters. The first kappa shape index (κ1) is 15.7. The molecule has 26 heavy (non-hydrogen) atoms. The van der Waals surface area contributed by atoms with Crippen LogP contribution < -0.4 is 0 Å². The van der Waals surface area contributed by atoms with Gasteiger partial charge < -0.3 is 4.74 Å². The summed E-state index contributed by atoms with van der Waals surface area (Å²) in [5, 5.41) is 0. The molecule has 1 heterocycles. The number of rotatable bonds is 2. The van der Waals surface area contributed by atoms with Crippen molar-refractivity contribution in [3.05, 3.63) is 82.6 Å². The van der Waals surface area contributed by atoms with Crippen molar-refractivity contribution in [3.63, 3.8) is 0 Å². The summed E-state index contributed by atoms with van der Waals surface area (Å²) in [4.78, 5) is 12.7. The molecule has 2 aliphatic carbocycles. The first-order valence-corrected chi connectivity index (χ1v) is 9.05. The van der Waals surface area contributed by atoms with Gasteiger partial charge in [-0.1, -0.05) is 24.3 Å². The lowest BCUT2D eigenvalue weighted by Gasteiger charge is -2.37. The fraction of sp³-hybridized carbons (Fsp3) is 0.318. The normalized spacial score (nSPS) is 22.3. The maximum Gasteiger partial charge on any atom is 0.168 e. The number of fused-ring (bicyclic) bond motifs is 1. The number of hydrogen-bond donors (Lipinski definition) is 0. The van der Waals surface area contributed by atoms with Crippen molar-refractivity contribution < 1.29 is 18.3 Å². The molecule has 0 amide bonds. The topological polar surface area (TPSA) is 26.3 Å². The summed E-state index contributed by atoms with van der Waals surface area (Å²) in [6.07, 6.45) is 3.76. The monoisotopic (exact) mass is 352 g/mol. The highest BCUT2D eigenvalue weighted by atomic mass is 19.1. The van der Waals surface area contributed by atoms with Crippen molar-refractivity contribution in [1.29, 1.82) is 0 Å². The number of carbonyl (C=O) groups excluding carboxylic acids is 1. The second-order valence-electron chi connectivity index (χ2n) is 7.45. The van der Waals surface area contributed by atoms with Crippen LogP contribution in [0.15, 0.2) is 59.9 Å². The number of allylic oxidation sites excluding steroid dienone is 1. The molecule has 2 nitrogen and oxygen atoms in total. The highest BCUT2D eigenvalue weighted by Gasteiger charge is 2.70. The number of Topliss-reactive ketones (excluding diaryl/α,β-unsaturated/α-hetero) is 1. The van der Waals surface area contributed by atoms with Crippen LogP contribution in [0.25, 0.3) is 0 Å². The molecule has 4 heteroatoms. The van der Waals surface area contributed by atoms with Gasteiger partial charge in [0, 0.05) is 29.5 Å². The molecular formula is C22H18F2O2. The van der Waals surface area contributed by atoms with E-state index in [2.05, 4.69) is 0 Å². The van der Waals surface area contributed by atoms with Crippen LogP contribution in [0.5, 0.6) is 0 Å². The van der Waals surface area contributed by atoms with Crippen LogP contribution in [0.3, 0.4) is 0 Å². The highest BCUT2D eigenvalue weighted by molar-refractivity contribution is 5.99.